The molecule has 1 aliphatic rings. The molecule has 2 heteroatoms. The minimum atomic E-state index is -0.0109. The van der Waals surface area contributed by atoms with Crippen LogP contribution in [-0.4, -0.2) is 19.1 Å². The van der Waals surface area contributed by atoms with E-state index >= 15 is 0 Å². The summed E-state index contributed by atoms with van der Waals surface area (Å²) < 4.78 is 0. The molecule has 1 rings (SSSR count). The monoisotopic (exact) mass is 210 g/mol. The van der Waals surface area contributed by atoms with Crippen LogP contribution >= 0.6 is 0 Å². The molecule has 0 aromatic rings. The Hall–Kier alpha value is 0.0249. The molecule has 0 aliphatic heterocycles. The average Bonchev–Trinajstić information content (AvgIpc) is 2.23. The second-order valence-electron chi connectivity index (χ2n) is 5.39. The lowest BCUT2D eigenvalue weighted by molar-refractivity contribution is 0.147. The van der Waals surface area contributed by atoms with E-state index in [9.17, 15) is 5.11 Å². The first-order chi connectivity index (χ1) is 7.29. The van der Waals surface area contributed by atoms with E-state index < -0.39 is 0 Å². The predicted octanol–water partition coefficient (Wildman–Crippen LogP) is 3.07. The van der Waals surface area contributed by atoms with Crippen molar-refractivity contribution >= 4 is 7.85 Å². The highest BCUT2D eigenvalue weighted by molar-refractivity contribution is 6.11. The fourth-order valence-corrected chi connectivity index (χ4v) is 2.56. The van der Waals surface area contributed by atoms with Crippen LogP contribution in [0.2, 0.25) is 5.82 Å². The molecule has 88 valence electrons. The van der Waals surface area contributed by atoms with Gasteiger partial charge in [-0.1, -0.05) is 63.6 Å². The summed E-state index contributed by atoms with van der Waals surface area (Å²) in [6, 6.07) is 0. The first-order valence-corrected chi connectivity index (χ1v) is 6.97. The molecule has 2 unspecified atom stereocenters. The van der Waals surface area contributed by atoms with Crippen LogP contribution in [0.3, 0.4) is 0 Å². The number of aliphatic hydroxyl groups excluding tert-OH is 1. The van der Waals surface area contributed by atoms with Crippen LogP contribution in [0, 0.1) is 0 Å². The van der Waals surface area contributed by atoms with Gasteiger partial charge in [-0.3, -0.25) is 0 Å². The van der Waals surface area contributed by atoms with Gasteiger partial charge >= 0.3 is 0 Å². The molecular formula is C13H27BO. The summed E-state index contributed by atoms with van der Waals surface area (Å²) in [6.07, 6.45) is 14.1. The van der Waals surface area contributed by atoms with E-state index in [2.05, 4.69) is 7.85 Å². The number of hydrogen-bond donors (Lipinski definition) is 1. The van der Waals surface area contributed by atoms with Crippen molar-refractivity contribution in [2.75, 3.05) is 0 Å². The van der Waals surface area contributed by atoms with Gasteiger partial charge in [0.2, 0.25) is 0 Å². The van der Waals surface area contributed by atoms with Gasteiger partial charge in [0, 0.05) is 0 Å². The van der Waals surface area contributed by atoms with E-state index in [0.717, 1.165) is 18.7 Å². The van der Waals surface area contributed by atoms with Gasteiger partial charge in [-0.2, -0.15) is 0 Å². The van der Waals surface area contributed by atoms with Crippen molar-refractivity contribution in [1.82, 2.24) is 0 Å². The molecule has 0 saturated heterocycles. The summed E-state index contributed by atoms with van der Waals surface area (Å²) in [7, 11) is 2.40. The molecule has 0 spiro atoms. The maximum absolute atomic E-state index is 9.72. The third-order valence-electron chi connectivity index (χ3n) is 3.72. The molecule has 0 radical (unpaired) electrons. The van der Waals surface area contributed by atoms with Crippen LogP contribution in [0.1, 0.15) is 70.6 Å². The van der Waals surface area contributed by atoms with Crippen LogP contribution in [0.25, 0.3) is 0 Å². The van der Waals surface area contributed by atoms with Crippen LogP contribution in [0.15, 0.2) is 0 Å². The highest BCUT2D eigenvalue weighted by Gasteiger charge is 2.07. The van der Waals surface area contributed by atoms with E-state index in [1.165, 1.54) is 57.8 Å². The molecule has 2 atom stereocenters. The zero-order chi connectivity index (χ0) is 10.9. The van der Waals surface area contributed by atoms with Crippen LogP contribution < -0.4 is 0 Å². The lowest BCUT2D eigenvalue weighted by Crippen LogP contribution is -2.05. The topological polar surface area (TPSA) is 20.2 Å². The fourth-order valence-electron chi connectivity index (χ4n) is 2.56. The molecule has 0 aromatic heterocycles. The van der Waals surface area contributed by atoms with E-state index in [-0.39, 0.29) is 6.10 Å². The minimum Gasteiger partial charge on any atom is -0.393 e. The van der Waals surface area contributed by atoms with Gasteiger partial charge in [0.15, 0.2) is 0 Å². The Bertz CT molecular complexity index is 133. The Morgan fingerprint density at radius 1 is 0.667 bits per heavy atom. The zero-order valence-corrected chi connectivity index (χ0v) is 10.4. The summed E-state index contributed by atoms with van der Waals surface area (Å²) >= 11 is 0. The molecule has 0 heterocycles. The second kappa shape index (κ2) is 8.21. The minimum absolute atomic E-state index is 0.0109. The molecule has 15 heavy (non-hydrogen) atoms. The predicted molar refractivity (Wildman–Crippen MR) is 69.1 cm³/mol. The second-order valence-corrected chi connectivity index (χ2v) is 5.39. The number of aliphatic hydroxyl groups is 1. The Kier molecular flexibility index (Phi) is 7.16. The normalized spacial score (nSPS) is 32.3. The maximum atomic E-state index is 9.72. The molecule has 0 bridgehead atoms. The smallest absolute Gasteiger partial charge is 0.105 e. The third kappa shape index (κ3) is 7.00. The van der Waals surface area contributed by atoms with Crippen molar-refractivity contribution in [1.29, 1.82) is 0 Å². The van der Waals surface area contributed by atoms with Gasteiger partial charge in [0.05, 0.1) is 6.10 Å². The van der Waals surface area contributed by atoms with E-state index in [1.54, 1.807) is 0 Å². The lowest BCUT2D eigenvalue weighted by Gasteiger charge is -2.10. The summed E-state index contributed by atoms with van der Waals surface area (Å²) in [6.45, 7) is 0. The average molecular weight is 210 g/mol. The van der Waals surface area contributed by atoms with Gasteiger partial charge in [0.25, 0.3) is 0 Å². The first-order valence-electron chi connectivity index (χ1n) is 6.97. The molecule has 1 N–H and O–H groups in total. The summed E-state index contributed by atoms with van der Waals surface area (Å²) in [4.78, 5) is 0. The lowest BCUT2D eigenvalue weighted by atomic mass is 9.79. The van der Waals surface area contributed by atoms with Gasteiger partial charge < -0.3 is 5.11 Å². The largest absolute Gasteiger partial charge is 0.393 e. The Labute approximate surface area is 96.1 Å². The number of hydrogen-bond acceptors (Lipinski definition) is 1. The van der Waals surface area contributed by atoms with Crippen molar-refractivity contribution in [3.63, 3.8) is 0 Å². The standard InChI is InChI=1S/C13H27BO/c14-12-8-4-1-2-6-10-13(15)11-7-3-5-9-12/h12-13,15H,1-11,14H2. The molecule has 1 saturated carbocycles. The van der Waals surface area contributed by atoms with Crippen molar-refractivity contribution in [3.05, 3.63) is 0 Å². The van der Waals surface area contributed by atoms with Crippen molar-refractivity contribution < 1.29 is 5.11 Å². The van der Waals surface area contributed by atoms with E-state index in [4.69, 9.17) is 0 Å². The van der Waals surface area contributed by atoms with Crippen LogP contribution in [0.4, 0.5) is 0 Å². The Morgan fingerprint density at radius 2 is 1.07 bits per heavy atom. The first kappa shape index (κ1) is 13.1. The van der Waals surface area contributed by atoms with Crippen LogP contribution in [0.5, 0.6) is 0 Å². The molecular weight excluding hydrogens is 183 g/mol. The third-order valence-corrected chi connectivity index (χ3v) is 3.72. The quantitative estimate of drug-likeness (QED) is 0.609. The SMILES string of the molecule is BC1CCCCCCC(O)CCCCC1. The molecule has 0 aromatic carbocycles. The Balaban J connectivity index is 2.20. The molecule has 0 amide bonds. The number of rotatable bonds is 0. The van der Waals surface area contributed by atoms with Gasteiger partial charge in [-0.05, 0) is 12.8 Å². The Morgan fingerprint density at radius 3 is 1.60 bits per heavy atom. The summed E-state index contributed by atoms with van der Waals surface area (Å²) in [5.41, 5.74) is 0. The highest BCUT2D eigenvalue weighted by atomic mass is 16.3. The van der Waals surface area contributed by atoms with Crippen molar-refractivity contribution in [3.8, 4) is 0 Å². The van der Waals surface area contributed by atoms with Crippen molar-refractivity contribution in [2.24, 2.45) is 0 Å². The van der Waals surface area contributed by atoms with E-state index in [0.29, 0.717) is 0 Å². The molecule has 1 aliphatic carbocycles. The van der Waals surface area contributed by atoms with E-state index in [1.807, 2.05) is 0 Å². The fraction of sp³-hybridized carbons (Fsp3) is 1.00. The summed E-state index contributed by atoms with van der Waals surface area (Å²) in [5.74, 6) is 0.927. The van der Waals surface area contributed by atoms with Gasteiger partial charge in [-0.15, -0.1) is 0 Å². The van der Waals surface area contributed by atoms with Crippen LogP contribution in [-0.2, 0) is 0 Å². The highest BCUT2D eigenvalue weighted by Crippen LogP contribution is 2.22. The molecule has 1 fully saturated rings. The summed E-state index contributed by atoms with van der Waals surface area (Å²) in [5, 5.41) is 9.72. The molecule has 1 nitrogen and oxygen atoms in total. The van der Waals surface area contributed by atoms with Gasteiger partial charge in [-0.25, -0.2) is 0 Å². The maximum Gasteiger partial charge on any atom is 0.105 e. The zero-order valence-electron chi connectivity index (χ0n) is 10.4. The van der Waals surface area contributed by atoms with Gasteiger partial charge in [0.1, 0.15) is 7.85 Å². The van der Waals surface area contributed by atoms with Crippen molar-refractivity contribution in [2.45, 2.75) is 82.6 Å².